The van der Waals surface area contributed by atoms with Gasteiger partial charge in [0.15, 0.2) is 0 Å². The summed E-state index contributed by atoms with van der Waals surface area (Å²) in [7, 11) is 1.42. The van der Waals surface area contributed by atoms with Crippen LogP contribution in [0, 0.1) is 6.92 Å². The van der Waals surface area contributed by atoms with Crippen LogP contribution < -0.4 is 5.32 Å². The molecule has 0 aromatic heterocycles. The maximum atomic E-state index is 11.7. The van der Waals surface area contributed by atoms with Gasteiger partial charge in [0.2, 0.25) is 0 Å². The predicted octanol–water partition coefficient (Wildman–Crippen LogP) is 2.99. The second kappa shape index (κ2) is 6.01. The van der Waals surface area contributed by atoms with E-state index in [0.29, 0.717) is 0 Å². The minimum Gasteiger partial charge on any atom is -0.468 e. The lowest BCUT2D eigenvalue weighted by atomic mass is 9.98. The van der Waals surface area contributed by atoms with Crippen LogP contribution in [-0.2, 0) is 9.53 Å². The lowest BCUT2D eigenvalue weighted by Gasteiger charge is -2.29. The summed E-state index contributed by atoms with van der Waals surface area (Å²) in [5.74, 6) is -0.243. The first-order valence-corrected chi connectivity index (χ1v) is 6.33. The third-order valence-electron chi connectivity index (χ3n) is 3.12. The lowest BCUT2D eigenvalue weighted by Crippen LogP contribution is -2.48. The molecule has 100 valence electrons. The fourth-order valence-corrected chi connectivity index (χ4v) is 1.97. The highest BCUT2D eigenvalue weighted by molar-refractivity contribution is 5.79. The van der Waals surface area contributed by atoms with Gasteiger partial charge in [0.1, 0.15) is 5.54 Å². The number of carbonyl (C=O) groups excluding carboxylic acids is 1. The van der Waals surface area contributed by atoms with Crippen LogP contribution >= 0.6 is 0 Å². The highest BCUT2D eigenvalue weighted by atomic mass is 16.5. The SMILES string of the molecule is CCC(NC(C)(C)C(=O)OC)c1ccc(C)cc1. The summed E-state index contributed by atoms with van der Waals surface area (Å²) in [5.41, 5.74) is 1.75. The number of hydrogen-bond donors (Lipinski definition) is 1. The summed E-state index contributed by atoms with van der Waals surface area (Å²) < 4.78 is 4.81. The number of rotatable bonds is 5. The first kappa shape index (κ1) is 14.7. The number of hydrogen-bond acceptors (Lipinski definition) is 3. The molecule has 3 nitrogen and oxygen atoms in total. The van der Waals surface area contributed by atoms with Crippen molar-refractivity contribution in [2.75, 3.05) is 7.11 Å². The van der Waals surface area contributed by atoms with Crippen LogP contribution in [0.2, 0.25) is 0 Å². The Kier molecular flexibility index (Phi) is 4.91. The first-order valence-electron chi connectivity index (χ1n) is 6.33. The normalized spacial score (nSPS) is 13.2. The van der Waals surface area contributed by atoms with Crippen molar-refractivity contribution in [1.29, 1.82) is 0 Å². The Morgan fingerprint density at radius 3 is 2.33 bits per heavy atom. The Bertz CT molecular complexity index is 395. The standard InChI is InChI=1S/C15H23NO2/c1-6-13(12-9-7-11(2)8-10-12)16-15(3,4)14(17)18-5/h7-10,13,16H,6H2,1-5H3. The first-order chi connectivity index (χ1) is 8.40. The smallest absolute Gasteiger partial charge is 0.325 e. The summed E-state index contributed by atoms with van der Waals surface area (Å²) in [5, 5.41) is 3.35. The van der Waals surface area contributed by atoms with Crippen LogP contribution in [0.1, 0.15) is 44.4 Å². The number of benzene rings is 1. The van der Waals surface area contributed by atoms with Crippen LogP contribution in [0.3, 0.4) is 0 Å². The lowest BCUT2D eigenvalue weighted by molar-refractivity contribution is -0.147. The fourth-order valence-electron chi connectivity index (χ4n) is 1.97. The molecule has 18 heavy (non-hydrogen) atoms. The van der Waals surface area contributed by atoms with Crippen LogP contribution in [0.4, 0.5) is 0 Å². The molecule has 0 aliphatic carbocycles. The molecular formula is C15H23NO2. The molecule has 0 bridgehead atoms. The summed E-state index contributed by atoms with van der Waals surface area (Å²) in [4.78, 5) is 11.7. The van der Waals surface area contributed by atoms with Gasteiger partial charge in [0.25, 0.3) is 0 Å². The fraction of sp³-hybridized carbons (Fsp3) is 0.533. The predicted molar refractivity (Wildman–Crippen MR) is 73.4 cm³/mol. The van der Waals surface area contributed by atoms with E-state index >= 15 is 0 Å². The Balaban J connectivity index is 2.85. The summed E-state index contributed by atoms with van der Waals surface area (Å²) >= 11 is 0. The van der Waals surface area contributed by atoms with Crippen molar-refractivity contribution in [3.63, 3.8) is 0 Å². The van der Waals surface area contributed by atoms with E-state index in [2.05, 4.69) is 43.4 Å². The quantitative estimate of drug-likeness (QED) is 0.815. The Labute approximate surface area is 110 Å². The van der Waals surface area contributed by atoms with Gasteiger partial charge in [0, 0.05) is 6.04 Å². The van der Waals surface area contributed by atoms with Crippen molar-refractivity contribution in [3.8, 4) is 0 Å². The summed E-state index contributed by atoms with van der Waals surface area (Å²) in [6.45, 7) is 7.85. The Hall–Kier alpha value is -1.35. The van der Waals surface area contributed by atoms with Gasteiger partial charge in [-0.25, -0.2) is 0 Å². The van der Waals surface area contributed by atoms with E-state index in [1.807, 2.05) is 13.8 Å². The maximum absolute atomic E-state index is 11.7. The third kappa shape index (κ3) is 3.57. The number of carbonyl (C=O) groups is 1. The Morgan fingerprint density at radius 2 is 1.89 bits per heavy atom. The molecule has 0 spiro atoms. The Morgan fingerprint density at radius 1 is 1.33 bits per heavy atom. The van der Waals surface area contributed by atoms with Gasteiger partial charge in [-0.05, 0) is 32.8 Å². The van der Waals surface area contributed by atoms with Crippen LogP contribution in [-0.4, -0.2) is 18.6 Å². The van der Waals surface area contributed by atoms with Gasteiger partial charge in [-0.1, -0.05) is 36.8 Å². The zero-order chi connectivity index (χ0) is 13.8. The van der Waals surface area contributed by atoms with Crippen LogP contribution in [0.25, 0.3) is 0 Å². The molecule has 1 aromatic rings. The van der Waals surface area contributed by atoms with Gasteiger partial charge in [-0.3, -0.25) is 10.1 Å². The van der Waals surface area contributed by atoms with Crippen molar-refractivity contribution >= 4 is 5.97 Å². The number of methoxy groups -OCH3 is 1. The highest BCUT2D eigenvalue weighted by Crippen LogP contribution is 2.21. The largest absolute Gasteiger partial charge is 0.468 e. The van der Waals surface area contributed by atoms with Gasteiger partial charge >= 0.3 is 5.97 Å². The maximum Gasteiger partial charge on any atom is 0.325 e. The molecule has 1 aromatic carbocycles. The molecule has 0 saturated heterocycles. The van der Waals surface area contributed by atoms with E-state index in [9.17, 15) is 4.79 Å². The number of aryl methyl sites for hydroxylation is 1. The molecule has 1 unspecified atom stereocenters. The third-order valence-corrected chi connectivity index (χ3v) is 3.12. The van der Waals surface area contributed by atoms with Crippen LogP contribution in [0.15, 0.2) is 24.3 Å². The molecule has 3 heteroatoms. The second-order valence-electron chi connectivity index (χ2n) is 5.13. The van der Waals surface area contributed by atoms with E-state index in [4.69, 9.17) is 4.74 Å². The van der Waals surface area contributed by atoms with E-state index in [0.717, 1.165) is 6.42 Å². The molecule has 0 radical (unpaired) electrons. The minimum absolute atomic E-state index is 0.152. The van der Waals surface area contributed by atoms with Gasteiger partial charge in [-0.2, -0.15) is 0 Å². The molecule has 1 atom stereocenters. The monoisotopic (exact) mass is 249 g/mol. The summed E-state index contributed by atoms with van der Waals surface area (Å²) in [6.07, 6.45) is 0.920. The zero-order valence-corrected chi connectivity index (χ0v) is 11.9. The van der Waals surface area contributed by atoms with Crippen molar-refractivity contribution in [2.45, 2.75) is 45.7 Å². The molecule has 1 rings (SSSR count). The van der Waals surface area contributed by atoms with Crippen molar-refractivity contribution < 1.29 is 9.53 Å². The molecule has 0 heterocycles. The average molecular weight is 249 g/mol. The van der Waals surface area contributed by atoms with Crippen molar-refractivity contribution in [1.82, 2.24) is 5.32 Å². The van der Waals surface area contributed by atoms with Gasteiger partial charge in [-0.15, -0.1) is 0 Å². The summed E-state index contributed by atoms with van der Waals surface area (Å²) in [6, 6.07) is 8.53. The molecule has 0 aliphatic rings. The van der Waals surface area contributed by atoms with E-state index in [1.54, 1.807) is 0 Å². The van der Waals surface area contributed by atoms with E-state index in [1.165, 1.54) is 18.2 Å². The van der Waals surface area contributed by atoms with Crippen LogP contribution in [0.5, 0.6) is 0 Å². The highest BCUT2D eigenvalue weighted by Gasteiger charge is 2.30. The number of ether oxygens (including phenoxy) is 1. The van der Waals surface area contributed by atoms with Crippen molar-refractivity contribution in [3.05, 3.63) is 35.4 Å². The average Bonchev–Trinajstić information content (AvgIpc) is 2.36. The van der Waals surface area contributed by atoms with E-state index < -0.39 is 5.54 Å². The van der Waals surface area contributed by atoms with Gasteiger partial charge < -0.3 is 4.74 Å². The number of nitrogens with one attached hydrogen (secondary N) is 1. The molecule has 1 N–H and O–H groups in total. The molecule has 0 fully saturated rings. The van der Waals surface area contributed by atoms with Gasteiger partial charge in [0.05, 0.1) is 7.11 Å². The topological polar surface area (TPSA) is 38.3 Å². The molecule has 0 amide bonds. The van der Waals surface area contributed by atoms with Crippen molar-refractivity contribution in [2.24, 2.45) is 0 Å². The minimum atomic E-state index is -0.680. The zero-order valence-electron chi connectivity index (χ0n) is 11.9. The second-order valence-corrected chi connectivity index (χ2v) is 5.13. The number of esters is 1. The van der Waals surface area contributed by atoms with E-state index in [-0.39, 0.29) is 12.0 Å². The molecular weight excluding hydrogens is 226 g/mol. The molecule has 0 saturated carbocycles. The molecule has 0 aliphatic heterocycles.